The number of aliphatic hydroxyl groups excluding tert-OH is 1. The molecule has 1 heterocycles. The molecule has 0 aromatic rings. The van der Waals surface area contributed by atoms with Crippen LogP contribution in [0.3, 0.4) is 0 Å². The Morgan fingerprint density at radius 3 is 2.22 bits per heavy atom. The van der Waals surface area contributed by atoms with Gasteiger partial charge in [0.25, 0.3) is 0 Å². The summed E-state index contributed by atoms with van der Waals surface area (Å²) in [4.78, 5) is 0. The predicted molar refractivity (Wildman–Crippen MR) is 32.1 cm³/mol. The van der Waals surface area contributed by atoms with Gasteiger partial charge in [-0.25, -0.2) is 0 Å². The van der Waals surface area contributed by atoms with Gasteiger partial charge in [-0.15, -0.1) is 0 Å². The molecule has 0 amide bonds. The third-order valence-corrected chi connectivity index (χ3v) is 1.17. The van der Waals surface area contributed by atoms with Gasteiger partial charge in [0, 0.05) is 6.61 Å². The van der Waals surface area contributed by atoms with Gasteiger partial charge >= 0.3 is 19.8 Å². The van der Waals surface area contributed by atoms with Crippen LogP contribution < -0.4 is 0 Å². The van der Waals surface area contributed by atoms with Crippen molar-refractivity contribution in [2.45, 2.75) is 18.6 Å². The maximum absolute atomic E-state index is 8.81. The fourth-order valence-corrected chi connectivity index (χ4v) is 0.637. The molecule has 0 spiro atoms. The summed E-state index contributed by atoms with van der Waals surface area (Å²) < 4.78 is 4.90. The number of hydrogen-bond donors (Lipinski definition) is 1. The van der Waals surface area contributed by atoms with Gasteiger partial charge in [-0.1, -0.05) is 0 Å². The molecule has 56 valence electrons. The second kappa shape index (κ2) is 5.35. The van der Waals surface area contributed by atoms with E-state index in [2.05, 4.69) is 6.92 Å². The molecule has 9 heavy (non-hydrogen) atoms. The molecular formula is C6H12O2Os. The number of ether oxygens (including phenoxy) is 1. The Morgan fingerprint density at radius 1 is 1.56 bits per heavy atom. The van der Waals surface area contributed by atoms with Crippen LogP contribution in [0.15, 0.2) is 0 Å². The molecule has 1 rings (SSSR count). The van der Waals surface area contributed by atoms with Crippen molar-refractivity contribution in [2.24, 2.45) is 0 Å². The first-order valence-corrected chi connectivity index (χ1v) is 2.43. The maximum atomic E-state index is 8.81. The van der Waals surface area contributed by atoms with E-state index in [1.807, 2.05) is 0 Å². The molecule has 0 aromatic carbocycles. The molecule has 2 unspecified atom stereocenters. The van der Waals surface area contributed by atoms with Crippen molar-refractivity contribution in [1.29, 1.82) is 0 Å². The fourth-order valence-electron chi connectivity index (χ4n) is 0.637. The second-order valence-corrected chi connectivity index (χ2v) is 1.77. The van der Waals surface area contributed by atoms with Crippen LogP contribution in [0.2, 0.25) is 0 Å². The summed E-state index contributed by atoms with van der Waals surface area (Å²) in [5, 5.41) is 8.81. The van der Waals surface area contributed by atoms with Crippen LogP contribution in [0, 0.1) is 14.4 Å². The molecule has 3 heteroatoms. The van der Waals surface area contributed by atoms with E-state index >= 15 is 0 Å². The Kier molecular flexibility index (Phi) is 7.28. The van der Waals surface area contributed by atoms with Gasteiger partial charge in [0.2, 0.25) is 0 Å². The van der Waals surface area contributed by atoms with Crippen LogP contribution in [0.5, 0.6) is 0 Å². The monoisotopic (exact) mass is 308 g/mol. The molecule has 1 fully saturated rings. The third kappa shape index (κ3) is 3.30. The van der Waals surface area contributed by atoms with Crippen molar-refractivity contribution in [3.63, 3.8) is 0 Å². The molecule has 1 N–H and O–H groups in total. The largest absolute Gasteiger partial charge is 2.00 e. The predicted octanol–water partition coefficient (Wildman–Crippen LogP) is 0.418. The fraction of sp³-hybridized carbons (Fsp3) is 0.667. The summed E-state index contributed by atoms with van der Waals surface area (Å²) >= 11 is 0. The molecule has 0 bridgehead atoms. The molecule has 0 aromatic heterocycles. The average molecular weight is 306 g/mol. The van der Waals surface area contributed by atoms with E-state index in [0.29, 0.717) is 6.61 Å². The third-order valence-electron chi connectivity index (χ3n) is 1.17. The summed E-state index contributed by atoms with van der Waals surface area (Å²) in [7, 11) is 0. The summed E-state index contributed by atoms with van der Waals surface area (Å²) in [6.07, 6.45) is 0.244. The first-order chi connectivity index (χ1) is 3.30. The Balaban J connectivity index is 0. The van der Waals surface area contributed by atoms with Crippen LogP contribution in [-0.2, 0) is 24.5 Å². The van der Waals surface area contributed by atoms with Crippen LogP contribution in [0.1, 0.15) is 6.42 Å². The zero-order valence-electron chi connectivity index (χ0n) is 5.49. The number of rotatable bonds is 0. The average Bonchev–Trinajstić information content (AvgIpc) is 1.91. The van der Waals surface area contributed by atoms with Gasteiger partial charge in [-0.3, -0.25) is 0 Å². The summed E-state index contributed by atoms with van der Waals surface area (Å²) in [5.41, 5.74) is 0. The first-order valence-electron chi connectivity index (χ1n) is 2.43. The molecule has 0 saturated carbocycles. The van der Waals surface area contributed by atoms with E-state index in [9.17, 15) is 0 Å². The molecule has 0 aliphatic carbocycles. The van der Waals surface area contributed by atoms with Crippen LogP contribution in [0.4, 0.5) is 0 Å². The Morgan fingerprint density at radius 2 is 2.11 bits per heavy atom. The Bertz CT molecular complexity index is 60.1. The van der Waals surface area contributed by atoms with E-state index in [1.165, 1.54) is 0 Å². The van der Waals surface area contributed by atoms with Crippen molar-refractivity contribution < 1.29 is 29.6 Å². The number of aliphatic hydroxyl groups is 1. The molecule has 1 aliphatic heterocycles. The van der Waals surface area contributed by atoms with E-state index in [4.69, 9.17) is 9.84 Å². The summed E-state index contributed by atoms with van der Waals surface area (Å²) in [6, 6.07) is 0. The standard InChI is InChI=1S/C5H9O2.CH3.Os/c1-4-5(6)2-3-7-4;;/h4-6H,1-3H2;1H3;/q2*-1;+2. The van der Waals surface area contributed by atoms with E-state index < -0.39 is 0 Å². The van der Waals surface area contributed by atoms with Gasteiger partial charge in [0.05, 0.1) is 6.10 Å². The van der Waals surface area contributed by atoms with E-state index in [-0.39, 0.29) is 39.4 Å². The second-order valence-electron chi connectivity index (χ2n) is 1.77. The summed E-state index contributed by atoms with van der Waals surface area (Å²) in [6.45, 7) is 4.21. The quantitative estimate of drug-likeness (QED) is 0.657. The Hall–Kier alpha value is 0.556. The first kappa shape index (κ1) is 12.3. The van der Waals surface area contributed by atoms with E-state index in [1.54, 1.807) is 0 Å². The van der Waals surface area contributed by atoms with Gasteiger partial charge in [0.1, 0.15) is 0 Å². The maximum Gasteiger partial charge on any atom is 2.00 e. The van der Waals surface area contributed by atoms with Crippen molar-refractivity contribution in [2.75, 3.05) is 6.61 Å². The normalized spacial score (nSPS) is 32.7. The van der Waals surface area contributed by atoms with E-state index in [0.717, 1.165) is 6.42 Å². The van der Waals surface area contributed by atoms with Gasteiger partial charge < -0.3 is 24.2 Å². The van der Waals surface area contributed by atoms with Crippen molar-refractivity contribution in [3.05, 3.63) is 14.4 Å². The molecule has 2 atom stereocenters. The molecule has 0 radical (unpaired) electrons. The van der Waals surface area contributed by atoms with Crippen LogP contribution >= 0.6 is 0 Å². The minimum absolute atomic E-state index is 0. The summed E-state index contributed by atoms with van der Waals surface area (Å²) in [5.74, 6) is 0. The van der Waals surface area contributed by atoms with Gasteiger partial charge in [-0.05, 0) is 12.5 Å². The molecular weight excluding hydrogens is 294 g/mol. The van der Waals surface area contributed by atoms with Crippen molar-refractivity contribution in [3.8, 4) is 0 Å². The SMILES string of the molecule is [CH2-]C1OCCC1O.[CH3-].[Os+2]. The molecule has 1 aliphatic rings. The Labute approximate surface area is 69.7 Å². The zero-order chi connectivity index (χ0) is 5.28. The van der Waals surface area contributed by atoms with Crippen molar-refractivity contribution in [1.82, 2.24) is 0 Å². The topological polar surface area (TPSA) is 29.5 Å². The molecule has 2 nitrogen and oxygen atoms in total. The van der Waals surface area contributed by atoms with Crippen molar-refractivity contribution >= 4 is 0 Å². The van der Waals surface area contributed by atoms with Crippen LogP contribution in [-0.4, -0.2) is 23.9 Å². The smallest absolute Gasteiger partial charge is 0.408 e. The minimum atomic E-state index is -0.319. The van der Waals surface area contributed by atoms with Crippen LogP contribution in [0.25, 0.3) is 0 Å². The van der Waals surface area contributed by atoms with Gasteiger partial charge in [-0.2, -0.15) is 0 Å². The molecule has 1 saturated heterocycles. The van der Waals surface area contributed by atoms with Gasteiger partial charge in [0.15, 0.2) is 0 Å². The zero-order valence-corrected chi connectivity index (χ0v) is 8.03. The minimum Gasteiger partial charge on any atom is -0.408 e. The number of hydrogen-bond acceptors (Lipinski definition) is 2.